The van der Waals surface area contributed by atoms with Gasteiger partial charge in [0.2, 0.25) is 5.91 Å². The molecule has 0 spiro atoms. The summed E-state index contributed by atoms with van der Waals surface area (Å²) in [6.07, 6.45) is 10.6. The Hall–Kier alpha value is -2.40. The van der Waals surface area contributed by atoms with Crippen molar-refractivity contribution in [1.29, 1.82) is 0 Å². The molecule has 120 valence electrons. The smallest absolute Gasteiger partial charge is 0.244 e. The van der Waals surface area contributed by atoms with Crippen LogP contribution >= 0.6 is 0 Å². The van der Waals surface area contributed by atoms with Crippen LogP contribution in [0.1, 0.15) is 31.2 Å². The first-order chi connectivity index (χ1) is 11.2. The first-order valence-electron chi connectivity index (χ1n) is 7.92. The van der Waals surface area contributed by atoms with E-state index in [4.69, 9.17) is 0 Å². The van der Waals surface area contributed by atoms with E-state index in [1.54, 1.807) is 17.0 Å². The third kappa shape index (κ3) is 3.68. The van der Waals surface area contributed by atoms with Crippen molar-refractivity contribution in [3.8, 4) is 5.69 Å². The van der Waals surface area contributed by atoms with Gasteiger partial charge in [0.15, 0.2) is 0 Å². The number of nitrogens with zero attached hydrogens (tertiary/aromatic N) is 2. The van der Waals surface area contributed by atoms with E-state index in [-0.39, 0.29) is 12.5 Å². The third-order valence-corrected chi connectivity index (χ3v) is 4.30. The van der Waals surface area contributed by atoms with Gasteiger partial charge in [-0.2, -0.15) is 5.10 Å². The Kier molecular flexibility index (Phi) is 4.57. The van der Waals surface area contributed by atoms with Crippen molar-refractivity contribution in [3.05, 3.63) is 54.4 Å². The molecule has 2 N–H and O–H groups in total. The van der Waals surface area contributed by atoms with Crippen LogP contribution in [0.3, 0.4) is 0 Å². The molecule has 1 aliphatic carbocycles. The first kappa shape index (κ1) is 15.5. The Labute approximate surface area is 135 Å². The van der Waals surface area contributed by atoms with Crippen LogP contribution in [0.15, 0.2) is 48.8 Å². The largest absolute Gasteiger partial charge is 0.394 e. The van der Waals surface area contributed by atoms with Gasteiger partial charge in [0, 0.05) is 17.8 Å². The molecule has 1 fully saturated rings. The topological polar surface area (TPSA) is 67.2 Å². The fourth-order valence-corrected chi connectivity index (χ4v) is 2.99. The van der Waals surface area contributed by atoms with Gasteiger partial charge in [0.05, 0.1) is 24.0 Å². The van der Waals surface area contributed by atoms with Gasteiger partial charge < -0.3 is 10.4 Å². The maximum absolute atomic E-state index is 12.1. The maximum Gasteiger partial charge on any atom is 0.244 e. The summed E-state index contributed by atoms with van der Waals surface area (Å²) >= 11 is 0. The van der Waals surface area contributed by atoms with Gasteiger partial charge in [-0.05, 0) is 31.1 Å². The summed E-state index contributed by atoms with van der Waals surface area (Å²) in [5, 5.41) is 16.8. The Balaban J connectivity index is 1.64. The normalized spacial score (nSPS) is 16.7. The highest BCUT2D eigenvalue weighted by atomic mass is 16.3. The molecule has 1 aromatic heterocycles. The van der Waals surface area contributed by atoms with Crippen LogP contribution in [0, 0.1) is 0 Å². The average molecular weight is 311 g/mol. The lowest BCUT2D eigenvalue weighted by molar-refractivity contribution is -0.118. The minimum absolute atomic E-state index is 0.00147. The molecular weight excluding hydrogens is 290 g/mol. The molecule has 0 saturated heterocycles. The zero-order valence-corrected chi connectivity index (χ0v) is 13.0. The highest BCUT2D eigenvalue weighted by molar-refractivity contribution is 5.92. The second-order valence-corrected chi connectivity index (χ2v) is 6.02. The van der Waals surface area contributed by atoms with Crippen LogP contribution in [0.25, 0.3) is 11.8 Å². The molecule has 5 heteroatoms. The van der Waals surface area contributed by atoms with E-state index < -0.39 is 5.54 Å². The van der Waals surface area contributed by atoms with Crippen molar-refractivity contribution in [2.45, 2.75) is 31.2 Å². The molecule has 0 bridgehead atoms. The van der Waals surface area contributed by atoms with Crippen LogP contribution in [0.2, 0.25) is 0 Å². The van der Waals surface area contributed by atoms with Gasteiger partial charge >= 0.3 is 0 Å². The number of carbonyl (C=O) groups is 1. The van der Waals surface area contributed by atoms with Crippen LogP contribution in [-0.4, -0.2) is 32.9 Å². The lowest BCUT2D eigenvalue weighted by Gasteiger charge is -2.27. The number of aliphatic hydroxyl groups excluding tert-OH is 1. The summed E-state index contributed by atoms with van der Waals surface area (Å²) < 4.78 is 1.77. The minimum atomic E-state index is -0.435. The van der Waals surface area contributed by atoms with E-state index in [1.165, 1.54) is 6.08 Å². The second kappa shape index (κ2) is 6.79. The van der Waals surface area contributed by atoms with Gasteiger partial charge in [0.25, 0.3) is 0 Å². The lowest BCUT2D eigenvalue weighted by atomic mass is 9.99. The van der Waals surface area contributed by atoms with Crippen molar-refractivity contribution in [2.24, 2.45) is 0 Å². The number of hydrogen-bond acceptors (Lipinski definition) is 3. The number of amides is 1. The number of carbonyl (C=O) groups excluding carboxylic acids is 1. The van der Waals surface area contributed by atoms with Gasteiger partial charge in [0.1, 0.15) is 0 Å². The Morgan fingerprint density at radius 3 is 2.74 bits per heavy atom. The Bertz CT molecular complexity index is 685. The highest BCUT2D eigenvalue weighted by Gasteiger charge is 2.33. The second-order valence-electron chi connectivity index (χ2n) is 6.02. The number of nitrogens with one attached hydrogen (secondary N) is 1. The predicted molar refractivity (Wildman–Crippen MR) is 89.0 cm³/mol. The highest BCUT2D eigenvalue weighted by Crippen LogP contribution is 2.29. The number of aromatic nitrogens is 2. The standard InChI is InChI=1S/C18H21N3O2/c22-14-18(10-4-5-11-18)20-17(23)9-8-15-12-19-21(13-15)16-6-2-1-3-7-16/h1-3,6-9,12-13,22H,4-5,10-11,14H2,(H,20,23)/b9-8+. The van der Waals surface area contributed by atoms with E-state index in [9.17, 15) is 9.90 Å². The van der Waals surface area contributed by atoms with Crippen molar-refractivity contribution in [1.82, 2.24) is 15.1 Å². The summed E-state index contributed by atoms with van der Waals surface area (Å²) in [6.45, 7) is -0.00147. The van der Waals surface area contributed by atoms with Crippen molar-refractivity contribution < 1.29 is 9.90 Å². The quantitative estimate of drug-likeness (QED) is 0.833. The molecule has 0 aliphatic heterocycles. The molecule has 1 aliphatic rings. The average Bonchev–Trinajstić information content (AvgIpc) is 3.24. The van der Waals surface area contributed by atoms with Crippen molar-refractivity contribution in [3.63, 3.8) is 0 Å². The van der Waals surface area contributed by atoms with E-state index in [0.29, 0.717) is 0 Å². The fourth-order valence-electron chi connectivity index (χ4n) is 2.99. The van der Waals surface area contributed by atoms with Crippen molar-refractivity contribution in [2.75, 3.05) is 6.61 Å². The van der Waals surface area contributed by atoms with Gasteiger partial charge in [-0.1, -0.05) is 31.0 Å². The number of rotatable bonds is 5. The molecule has 2 aromatic rings. The summed E-state index contributed by atoms with van der Waals surface area (Å²) in [5.41, 5.74) is 1.39. The lowest BCUT2D eigenvalue weighted by Crippen LogP contribution is -2.48. The first-order valence-corrected chi connectivity index (χ1v) is 7.92. The van der Waals surface area contributed by atoms with E-state index in [1.807, 2.05) is 36.5 Å². The summed E-state index contributed by atoms with van der Waals surface area (Å²) in [7, 11) is 0. The number of aliphatic hydroxyl groups is 1. The summed E-state index contributed by atoms with van der Waals surface area (Å²) in [4.78, 5) is 12.1. The monoisotopic (exact) mass is 311 g/mol. The molecule has 1 saturated carbocycles. The van der Waals surface area contributed by atoms with E-state index in [0.717, 1.165) is 36.9 Å². The van der Waals surface area contributed by atoms with Crippen LogP contribution in [0.5, 0.6) is 0 Å². The SMILES string of the molecule is O=C(/C=C/c1cnn(-c2ccccc2)c1)NC1(CO)CCCC1. The van der Waals surface area contributed by atoms with E-state index >= 15 is 0 Å². The molecule has 1 aromatic carbocycles. The molecule has 23 heavy (non-hydrogen) atoms. The van der Waals surface area contributed by atoms with Crippen LogP contribution in [0.4, 0.5) is 0 Å². The molecule has 5 nitrogen and oxygen atoms in total. The van der Waals surface area contributed by atoms with E-state index in [2.05, 4.69) is 10.4 Å². The number of para-hydroxylation sites is 1. The minimum Gasteiger partial charge on any atom is -0.394 e. The number of benzene rings is 1. The molecule has 0 atom stereocenters. The molecule has 3 rings (SSSR count). The molecule has 0 radical (unpaired) electrons. The van der Waals surface area contributed by atoms with Crippen LogP contribution in [-0.2, 0) is 4.79 Å². The number of hydrogen-bond donors (Lipinski definition) is 2. The molecule has 1 heterocycles. The maximum atomic E-state index is 12.1. The third-order valence-electron chi connectivity index (χ3n) is 4.30. The fraction of sp³-hybridized carbons (Fsp3) is 0.333. The molecular formula is C18H21N3O2. The Morgan fingerprint density at radius 1 is 1.30 bits per heavy atom. The van der Waals surface area contributed by atoms with Gasteiger partial charge in [-0.25, -0.2) is 4.68 Å². The molecule has 0 unspecified atom stereocenters. The predicted octanol–water partition coefficient (Wildman–Crippen LogP) is 2.31. The van der Waals surface area contributed by atoms with Crippen LogP contribution < -0.4 is 5.32 Å². The molecule has 1 amide bonds. The zero-order chi connectivity index (χ0) is 16.1. The zero-order valence-electron chi connectivity index (χ0n) is 13.0. The van der Waals surface area contributed by atoms with Gasteiger partial charge in [-0.3, -0.25) is 4.79 Å². The van der Waals surface area contributed by atoms with Crippen molar-refractivity contribution >= 4 is 12.0 Å². The summed E-state index contributed by atoms with van der Waals surface area (Å²) in [5.74, 6) is -0.173. The summed E-state index contributed by atoms with van der Waals surface area (Å²) in [6, 6.07) is 9.81. The Morgan fingerprint density at radius 2 is 2.04 bits per heavy atom. The van der Waals surface area contributed by atoms with Gasteiger partial charge in [-0.15, -0.1) is 0 Å².